The number of halogens is 1. The van der Waals surface area contributed by atoms with Crippen molar-refractivity contribution in [2.45, 2.75) is 52.1 Å². The topological polar surface area (TPSA) is 96.6 Å². The molecule has 0 radical (unpaired) electrons. The maximum absolute atomic E-state index is 13.5. The molecule has 9 heteroatoms. The van der Waals surface area contributed by atoms with E-state index in [9.17, 15) is 9.50 Å². The van der Waals surface area contributed by atoms with Gasteiger partial charge in [0, 0.05) is 31.7 Å². The van der Waals surface area contributed by atoms with Crippen molar-refractivity contribution in [3.8, 4) is 0 Å². The van der Waals surface area contributed by atoms with Crippen LogP contribution in [0.25, 0.3) is 0 Å². The molecule has 28 heavy (non-hydrogen) atoms. The maximum Gasteiger partial charge on any atom is 0.191 e. The van der Waals surface area contributed by atoms with Gasteiger partial charge in [0.2, 0.25) is 0 Å². The van der Waals surface area contributed by atoms with Crippen molar-refractivity contribution < 1.29 is 14.2 Å². The summed E-state index contributed by atoms with van der Waals surface area (Å²) in [5.74, 6) is 1.98. The Morgan fingerprint density at radius 2 is 2.32 bits per heavy atom. The van der Waals surface area contributed by atoms with Crippen molar-refractivity contribution in [2.24, 2.45) is 4.99 Å². The molecule has 3 rings (SSSR count). The molecule has 0 spiro atoms. The highest BCUT2D eigenvalue weighted by Gasteiger charge is 2.22. The smallest absolute Gasteiger partial charge is 0.191 e. The SMILES string of the molecule is CCNC(=NCc1ccc(F)c(CO)c1)NC1CCc2nc(COC)nn2C1. The molecule has 8 nitrogen and oxygen atoms in total. The number of hydrogen-bond donors (Lipinski definition) is 3. The number of methoxy groups -OCH3 is 1. The van der Waals surface area contributed by atoms with Gasteiger partial charge in [-0.05, 0) is 31.0 Å². The van der Waals surface area contributed by atoms with Gasteiger partial charge in [0.1, 0.15) is 18.2 Å². The first-order chi connectivity index (χ1) is 13.6. The van der Waals surface area contributed by atoms with E-state index in [0.717, 1.165) is 30.8 Å². The summed E-state index contributed by atoms with van der Waals surface area (Å²) < 4.78 is 20.6. The van der Waals surface area contributed by atoms with Crippen LogP contribution in [0.3, 0.4) is 0 Å². The van der Waals surface area contributed by atoms with Gasteiger partial charge in [0.15, 0.2) is 11.8 Å². The molecule has 0 bridgehead atoms. The van der Waals surface area contributed by atoms with E-state index in [1.807, 2.05) is 11.6 Å². The van der Waals surface area contributed by atoms with Crippen LogP contribution in [0.2, 0.25) is 0 Å². The number of nitrogens with zero attached hydrogens (tertiary/aromatic N) is 4. The normalized spacial score (nSPS) is 16.7. The fourth-order valence-corrected chi connectivity index (χ4v) is 3.20. The minimum atomic E-state index is -0.404. The van der Waals surface area contributed by atoms with Gasteiger partial charge in [-0.15, -0.1) is 0 Å². The molecular weight excluding hydrogens is 363 g/mol. The number of aliphatic imine (C=N–C) groups is 1. The summed E-state index contributed by atoms with van der Waals surface area (Å²) in [4.78, 5) is 9.09. The third-order valence-electron chi connectivity index (χ3n) is 4.56. The predicted molar refractivity (Wildman–Crippen MR) is 103 cm³/mol. The molecule has 0 fully saturated rings. The van der Waals surface area contributed by atoms with Gasteiger partial charge < -0.3 is 20.5 Å². The second-order valence-electron chi connectivity index (χ2n) is 6.72. The first-order valence-corrected chi connectivity index (χ1v) is 9.47. The number of hydrogen-bond acceptors (Lipinski definition) is 5. The monoisotopic (exact) mass is 390 g/mol. The Morgan fingerprint density at radius 3 is 3.07 bits per heavy atom. The van der Waals surface area contributed by atoms with Gasteiger partial charge in [0.05, 0.1) is 19.7 Å². The van der Waals surface area contributed by atoms with E-state index in [4.69, 9.17) is 4.74 Å². The van der Waals surface area contributed by atoms with Crippen LogP contribution in [0.15, 0.2) is 23.2 Å². The number of aromatic nitrogens is 3. The molecule has 1 aliphatic heterocycles. The Kier molecular flexibility index (Phi) is 6.94. The van der Waals surface area contributed by atoms with Crippen molar-refractivity contribution in [3.05, 3.63) is 46.8 Å². The van der Waals surface area contributed by atoms with E-state index in [2.05, 4.69) is 25.7 Å². The molecule has 152 valence electrons. The van der Waals surface area contributed by atoms with E-state index in [0.29, 0.717) is 31.5 Å². The van der Waals surface area contributed by atoms with Crippen LogP contribution in [0.1, 0.15) is 36.1 Å². The lowest BCUT2D eigenvalue weighted by molar-refractivity contribution is 0.177. The zero-order valence-electron chi connectivity index (χ0n) is 16.3. The van der Waals surface area contributed by atoms with Crippen LogP contribution < -0.4 is 10.6 Å². The summed E-state index contributed by atoms with van der Waals surface area (Å²) in [6, 6.07) is 4.87. The predicted octanol–water partition coefficient (Wildman–Crippen LogP) is 1.13. The number of fused-ring (bicyclic) bond motifs is 1. The Labute approximate surface area is 163 Å². The van der Waals surface area contributed by atoms with E-state index in [1.165, 1.54) is 6.07 Å². The summed E-state index contributed by atoms with van der Waals surface area (Å²) in [7, 11) is 1.63. The fourth-order valence-electron chi connectivity index (χ4n) is 3.20. The number of nitrogens with one attached hydrogen (secondary N) is 2. The summed E-state index contributed by atoms with van der Waals surface area (Å²) >= 11 is 0. The summed E-state index contributed by atoms with van der Waals surface area (Å²) in [6.45, 7) is 3.93. The lowest BCUT2D eigenvalue weighted by atomic mass is 10.1. The number of ether oxygens (including phenoxy) is 1. The van der Waals surface area contributed by atoms with Gasteiger partial charge >= 0.3 is 0 Å². The zero-order valence-corrected chi connectivity index (χ0v) is 16.3. The number of aliphatic hydroxyl groups excluding tert-OH is 1. The minimum absolute atomic E-state index is 0.184. The quantitative estimate of drug-likeness (QED) is 0.484. The van der Waals surface area contributed by atoms with Crippen LogP contribution in [-0.2, 0) is 37.5 Å². The van der Waals surface area contributed by atoms with Crippen molar-refractivity contribution in [3.63, 3.8) is 0 Å². The summed E-state index contributed by atoms with van der Waals surface area (Å²) in [5.41, 5.74) is 1.12. The average Bonchev–Trinajstić information content (AvgIpc) is 3.09. The molecule has 0 saturated heterocycles. The number of guanidine groups is 1. The largest absolute Gasteiger partial charge is 0.392 e. The third kappa shape index (κ3) is 5.05. The summed E-state index contributed by atoms with van der Waals surface area (Å²) in [5, 5.41) is 20.4. The first kappa shape index (κ1) is 20.2. The Morgan fingerprint density at radius 1 is 1.46 bits per heavy atom. The number of aryl methyl sites for hydroxylation is 1. The molecule has 1 atom stereocenters. The molecule has 1 unspecified atom stereocenters. The van der Waals surface area contributed by atoms with Gasteiger partial charge in [-0.25, -0.2) is 19.0 Å². The van der Waals surface area contributed by atoms with Gasteiger partial charge in [-0.3, -0.25) is 0 Å². The molecule has 1 aromatic carbocycles. The average molecular weight is 390 g/mol. The number of aliphatic hydroxyl groups is 1. The van der Waals surface area contributed by atoms with Crippen LogP contribution in [-0.4, -0.2) is 45.5 Å². The van der Waals surface area contributed by atoms with Crippen molar-refractivity contribution >= 4 is 5.96 Å². The van der Waals surface area contributed by atoms with E-state index < -0.39 is 5.82 Å². The highest BCUT2D eigenvalue weighted by atomic mass is 19.1. The van der Waals surface area contributed by atoms with Crippen molar-refractivity contribution in [1.29, 1.82) is 0 Å². The number of rotatable bonds is 7. The van der Waals surface area contributed by atoms with E-state index in [1.54, 1.807) is 19.2 Å². The lowest BCUT2D eigenvalue weighted by Crippen LogP contribution is -2.47. The molecule has 0 amide bonds. The van der Waals surface area contributed by atoms with E-state index >= 15 is 0 Å². The third-order valence-corrected chi connectivity index (χ3v) is 4.56. The van der Waals surface area contributed by atoms with Crippen LogP contribution in [0.4, 0.5) is 4.39 Å². The Bertz CT molecular complexity index is 823. The highest BCUT2D eigenvalue weighted by Crippen LogP contribution is 2.14. The molecule has 0 aliphatic carbocycles. The van der Waals surface area contributed by atoms with E-state index in [-0.39, 0.29) is 18.2 Å². The minimum Gasteiger partial charge on any atom is -0.392 e. The van der Waals surface area contributed by atoms with Gasteiger partial charge in [-0.2, -0.15) is 5.10 Å². The molecule has 1 aliphatic rings. The standard InChI is InChI=1S/C19H27FN6O2/c1-3-21-19(22-9-13-4-6-16(20)14(8-13)11-27)23-15-5-7-18-24-17(12-28-2)25-26(18)10-15/h4,6,8,15,27H,3,5,7,9-12H2,1-2H3,(H2,21,22,23). The molecule has 3 N–H and O–H groups in total. The molecule has 2 heterocycles. The Balaban J connectivity index is 1.64. The molecule has 1 aromatic heterocycles. The van der Waals surface area contributed by atoms with Crippen LogP contribution in [0.5, 0.6) is 0 Å². The second kappa shape index (κ2) is 9.61. The number of benzene rings is 1. The molecular formula is C19H27FN6O2. The maximum atomic E-state index is 13.5. The van der Waals surface area contributed by atoms with Crippen LogP contribution in [0, 0.1) is 5.82 Å². The van der Waals surface area contributed by atoms with Gasteiger partial charge in [0.25, 0.3) is 0 Å². The second-order valence-corrected chi connectivity index (χ2v) is 6.72. The first-order valence-electron chi connectivity index (χ1n) is 9.47. The molecule has 0 saturated carbocycles. The van der Waals surface area contributed by atoms with Gasteiger partial charge in [-0.1, -0.05) is 6.07 Å². The zero-order chi connectivity index (χ0) is 19.9. The molecule has 2 aromatic rings. The van der Waals surface area contributed by atoms with Crippen LogP contribution >= 0.6 is 0 Å². The van der Waals surface area contributed by atoms with Crippen molar-refractivity contribution in [1.82, 2.24) is 25.4 Å². The lowest BCUT2D eigenvalue weighted by Gasteiger charge is -2.25. The fraction of sp³-hybridized carbons (Fsp3) is 0.526. The highest BCUT2D eigenvalue weighted by molar-refractivity contribution is 5.80. The summed E-state index contributed by atoms with van der Waals surface area (Å²) in [6.07, 6.45) is 1.77. The Hall–Kier alpha value is -2.52. The van der Waals surface area contributed by atoms with Crippen molar-refractivity contribution in [2.75, 3.05) is 13.7 Å².